The number of hydrogen-bond donors (Lipinski definition) is 1. The molecule has 0 spiro atoms. The van der Waals surface area contributed by atoms with Gasteiger partial charge in [0.05, 0.1) is 4.99 Å². The number of amides is 3. The van der Waals surface area contributed by atoms with Gasteiger partial charge in [-0.3, -0.25) is 19.3 Å². The number of carbonyl (C=O) groups excluding carboxylic acids is 3. The number of imide groups is 1. The number of likely N-dealkylation sites (tertiary alicyclic amines) is 1. The van der Waals surface area contributed by atoms with Crippen LogP contribution in [0.3, 0.4) is 0 Å². The van der Waals surface area contributed by atoms with Crippen molar-refractivity contribution in [3.05, 3.63) is 0 Å². The van der Waals surface area contributed by atoms with E-state index in [1.807, 2.05) is 0 Å². The van der Waals surface area contributed by atoms with Gasteiger partial charge < -0.3 is 10.6 Å². The highest BCUT2D eigenvalue weighted by Gasteiger charge is 2.26. The number of nitrogens with two attached hydrogens (primary N) is 1. The Bertz CT molecular complexity index is 382. The molecule has 1 aliphatic heterocycles. The van der Waals surface area contributed by atoms with Crippen molar-refractivity contribution in [3.8, 4) is 0 Å². The molecule has 0 aromatic carbocycles. The van der Waals surface area contributed by atoms with Gasteiger partial charge in [-0.2, -0.15) is 0 Å². The van der Waals surface area contributed by atoms with Crippen molar-refractivity contribution in [2.24, 2.45) is 5.73 Å². The highest BCUT2D eigenvalue weighted by Crippen LogP contribution is 2.12. The fraction of sp³-hybridized carbons (Fsp3) is 0.667. The Labute approximate surface area is 117 Å². The summed E-state index contributed by atoms with van der Waals surface area (Å²) >= 11 is 4.74. The largest absolute Gasteiger partial charge is 0.393 e. The van der Waals surface area contributed by atoms with E-state index in [1.54, 1.807) is 7.05 Å². The maximum absolute atomic E-state index is 11.8. The second-order valence-corrected chi connectivity index (χ2v) is 5.10. The third-order valence-electron chi connectivity index (χ3n) is 3.05. The fourth-order valence-corrected chi connectivity index (χ4v) is 1.94. The maximum Gasteiger partial charge on any atom is 0.229 e. The zero-order valence-electron chi connectivity index (χ0n) is 11.1. The van der Waals surface area contributed by atoms with Gasteiger partial charge in [0.15, 0.2) is 0 Å². The highest BCUT2D eigenvalue weighted by atomic mass is 32.1. The number of nitrogens with zero attached hydrogens (tertiary/aromatic N) is 2. The van der Waals surface area contributed by atoms with Crippen molar-refractivity contribution in [1.29, 1.82) is 0 Å². The predicted octanol–water partition coefficient (Wildman–Crippen LogP) is 0.0502. The summed E-state index contributed by atoms with van der Waals surface area (Å²) < 4.78 is 0. The van der Waals surface area contributed by atoms with Crippen LogP contribution in [0.4, 0.5) is 0 Å². The van der Waals surface area contributed by atoms with Crippen molar-refractivity contribution in [1.82, 2.24) is 9.80 Å². The molecule has 0 bridgehead atoms. The number of thiocarbonyl (C=S) groups is 1. The molecule has 0 radical (unpaired) electrons. The van der Waals surface area contributed by atoms with E-state index in [0.29, 0.717) is 37.2 Å². The summed E-state index contributed by atoms with van der Waals surface area (Å²) in [5.74, 6) is -0.493. The van der Waals surface area contributed by atoms with E-state index in [9.17, 15) is 14.4 Å². The van der Waals surface area contributed by atoms with Crippen LogP contribution >= 0.6 is 12.2 Å². The summed E-state index contributed by atoms with van der Waals surface area (Å²) in [6.45, 7) is 0.615. The number of carbonyl (C=O) groups is 3. The Morgan fingerprint density at radius 1 is 1.32 bits per heavy atom. The Balaban J connectivity index is 2.38. The molecular weight excluding hydrogens is 266 g/mol. The summed E-state index contributed by atoms with van der Waals surface area (Å²) in [5.41, 5.74) is 5.36. The molecule has 19 heavy (non-hydrogen) atoms. The SMILES string of the molecule is CN(CCC(N)=S)C(=O)CCN1C(=O)CCCC1=O. The lowest BCUT2D eigenvalue weighted by Crippen LogP contribution is -2.42. The van der Waals surface area contributed by atoms with Crippen LogP contribution in [0.5, 0.6) is 0 Å². The number of piperidine rings is 1. The minimum absolute atomic E-state index is 0.123. The first-order valence-corrected chi connectivity index (χ1v) is 6.68. The monoisotopic (exact) mass is 285 g/mol. The zero-order chi connectivity index (χ0) is 14.4. The molecule has 1 rings (SSSR count). The summed E-state index contributed by atoms with van der Waals surface area (Å²) in [6.07, 6.45) is 1.99. The van der Waals surface area contributed by atoms with Crippen LogP contribution < -0.4 is 5.73 Å². The number of rotatable bonds is 6. The quantitative estimate of drug-likeness (QED) is 0.551. The lowest BCUT2D eigenvalue weighted by atomic mass is 10.1. The molecule has 6 nitrogen and oxygen atoms in total. The van der Waals surface area contributed by atoms with Crippen LogP contribution in [0.2, 0.25) is 0 Å². The smallest absolute Gasteiger partial charge is 0.229 e. The van der Waals surface area contributed by atoms with E-state index in [4.69, 9.17) is 18.0 Å². The third-order valence-corrected chi connectivity index (χ3v) is 3.26. The van der Waals surface area contributed by atoms with E-state index >= 15 is 0 Å². The van der Waals surface area contributed by atoms with Gasteiger partial charge in [0.25, 0.3) is 0 Å². The lowest BCUT2D eigenvalue weighted by molar-refractivity contribution is -0.148. The summed E-state index contributed by atoms with van der Waals surface area (Å²) in [5, 5.41) is 0. The molecule has 0 atom stereocenters. The van der Waals surface area contributed by atoms with Gasteiger partial charge in [0, 0.05) is 45.8 Å². The molecule has 1 heterocycles. The molecule has 1 saturated heterocycles. The first-order valence-electron chi connectivity index (χ1n) is 6.27. The molecule has 0 aromatic rings. The molecule has 106 valence electrons. The van der Waals surface area contributed by atoms with E-state index in [-0.39, 0.29) is 30.7 Å². The Morgan fingerprint density at radius 3 is 2.42 bits per heavy atom. The highest BCUT2D eigenvalue weighted by molar-refractivity contribution is 7.80. The standard InChI is InChI=1S/C12H19N3O3S/c1-14(7-5-9(13)19)10(16)6-8-15-11(17)3-2-4-12(15)18/h2-8H2,1H3,(H2,13,19). The van der Waals surface area contributed by atoms with Crippen molar-refractivity contribution in [2.45, 2.75) is 32.1 Å². The van der Waals surface area contributed by atoms with Crippen molar-refractivity contribution in [3.63, 3.8) is 0 Å². The topological polar surface area (TPSA) is 83.7 Å². The van der Waals surface area contributed by atoms with Crippen LogP contribution in [0, 0.1) is 0 Å². The average Bonchev–Trinajstić information content (AvgIpc) is 2.35. The van der Waals surface area contributed by atoms with Crippen LogP contribution in [0.15, 0.2) is 0 Å². The normalized spacial score (nSPS) is 15.5. The maximum atomic E-state index is 11.8. The lowest BCUT2D eigenvalue weighted by Gasteiger charge is -2.25. The van der Waals surface area contributed by atoms with Crippen LogP contribution in [-0.2, 0) is 14.4 Å². The second kappa shape index (κ2) is 7.18. The molecule has 0 saturated carbocycles. The van der Waals surface area contributed by atoms with Crippen LogP contribution in [0.1, 0.15) is 32.1 Å². The van der Waals surface area contributed by atoms with Crippen LogP contribution in [0.25, 0.3) is 0 Å². The molecule has 7 heteroatoms. The van der Waals surface area contributed by atoms with E-state index in [1.165, 1.54) is 9.80 Å². The molecule has 3 amide bonds. The van der Waals surface area contributed by atoms with Gasteiger partial charge in [-0.05, 0) is 6.42 Å². The van der Waals surface area contributed by atoms with E-state index < -0.39 is 0 Å². The second-order valence-electron chi connectivity index (χ2n) is 4.57. The average molecular weight is 285 g/mol. The molecule has 1 aliphatic rings. The van der Waals surface area contributed by atoms with Crippen molar-refractivity contribution >= 4 is 34.9 Å². The fourth-order valence-electron chi connectivity index (χ4n) is 1.85. The zero-order valence-corrected chi connectivity index (χ0v) is 11.9. The Morgan fingerprint density at radius 2 is 1.89 bits per heavy atom. The predicted molar refractivity (Wildman–Crippen MR) is 74.2 cm³/mol. The Hall–Kier alpha value is -1.50. The van der Waals surface area contributed by atoms with Gasteiger partial charge in [0.2, 0.25) is 17.7 Å². The molecule has 0 unspecified atom stereocenters. The van der Waals surface area contributed by atoms with E-state index in [0.717, 1.165) is 0 Å². The molecule has 1 fully saturated rings. The number of hydrogen-bond acceptors (Lipinski definition) is 4. The molecule has 2 N–H and O–H groups in total. The molecule has 0 aliphatic carbocycles. The van der Waals surface area contributed by atoms with Crippen LogP contribution in [-0.4, -0.2) is 52.6 Å². The van der Waals surface area contributed by atoms with Gasteiger partial charge in [0.1, 0.15) is 0 Å². The molecular formula is C12H19N3O3S. The first kappa shape index (κ1) is 15.6. The van der Waals surface area contributed by atoms with Gasteiger partial charge >= 0.3 is 0 Å². The van der Waals surface area contributed by atoms with Crippen molar-refractivity contribution in [2.75, 3.05) is 20.1 Å². The summed E-state index contributed by atoms with van der Waals surface area (Å²) in [6, 6.07) is 0. The van der Waals surface area contributed by atoms with E-state index in [2.05, 4.69) is 0 Å². The molecule has 0 aromatic heterocycles. The van der Waals surface area contributed by atoms with Crippen molar-refractivity contribution < 1.29 is 14.4 Å². The summed E-state index contributed by atoms with van der Waals surface area (Å²) in [4.78, 5) is 38.0. The first-order chi connectivity index (χ1) is 8.91. The minimum Gasteiger partial charge on any atom is -0.393 e. The van der Waals surface area contributed by atoms with Gasteiger partial charge in [-0.15, -0.1) is 0 Å². The summed E-state index contributed by atoms with van der Waals surface area (Å²) in [7, 11) is 1.65. The minimum atomic E-state index is -0.185. The Kier molecular flexibility index (Phi) is 5.88. The van der Waals surface area contributed by atoms with Gasteiger partial charge in [-0.1, -0.05) is 12.2 Å². The third kappa shape index (κ3) is 4.94. The van der Waals surface area contributed by atoms with Gasteiger partial charge in [-0.25, -0.2) is 0 Å².